The van der Waals surface area contributed by atoms with E-state index in [1.807, 2.05) is 0 Å². The number of nitrogens with zero attached hydrogens (tertiary/aromatic N) is 4. The van der Waals surface area contributed by atoms with Crippen molar-refractivity contribution < 1.29 is 44.7 Å². The van der Waals surface area contributed by atoms with Gasteiger partial charge in [0.1, 0.15) is 12.1 Å². The number of nitrogens with one attached hydrogen (secondary N) is 1. The van der Waals surface area contributed by atoms with Gasteiger partial charge in [0.2, 0.25) is 0 Å². The van der Waals surface area contributed by atoms with Gasteiger partial charge in [0.25, 0.3) is 10.0 Å². The first-order chi connectivity index (χ1) is 20.1. The Labute approximate surface area is 239 Å². The van der Waals surface area contributed by atoms with Crippen LogP contribution in [0, 0.1) is 0 Å². The van der Waals surface area contributed by atoms with Gasteiger partial charge in [0.15, 0.2) is 0 Å². The van der Waals surface area contributed by atoms with Crippen LogP contribution < -0.4 is 4.72 Å². The lowest BCUT2D eigenvalue weighted by atomic mass is 9.92. The number of alkyl halides is 6. The molecule has 0 aliphatic rings. The van der Waals surface area contributed by atoms with Crippen LogP contribution in [0.3, 0.4) is 0 Å². The Morgan fingerprint density at radius 1 is 0.884 bits per heavy atom. The van der Waals surface area contributed by atoms with Crippen LogP contribution in [0.2, 0.25) is 0 Å². The van der Waals surface area contributed by atoms with Crippen LogP contribution in [0.15, 0.2) is 90.3 Å². The molecule has 0 unspecified atom stereocenters. The fourth-order valence-corrected chi connectivity index (χ4v) is 5.06. The molecule has 224 valence electrons. The Kier molecular flexibility index (Phi) is 8.43. The van der Waals surface area contributed by atoms with Crippen molar-refractivity contribution in [3.05, 3.63) is 91.0 Å². The summed E-state index contributed by atoms with van der Waals surface area (Å²) in [5, 5.41) is 12.5. The van der Waals surface area contributed by atoms with Gasteiger partial charge in [-0.3, -0.25) is 9.40 Å². The second kappa shape index (κ2) is 11.7. The molecule has 0 amide bonds. The number of anilines is 1. The molecule has 16 heteroatoms. The Morgan fingerprint density at radius 2 is 1.60 bits per heavy atom. The summed E-state index contributed by atoms with van der Waals surface area (Å²) in [5.41, 5.74) is 1.32. The number of aryl methyl sites for hydroxylation is 1. The average Bonchev–Trinajstić information content (AvgIpc) is 3.37. The van der Waals surface area contributed by atoms with Gasteiger partial charge in [-0.25, -0.2) is 23.2 Å². The van der Waals surface area contributed by atoms with Crippen molar-refractivity contribution >= 4 is 32.6 Å². The number of carbonyl (C=O) groups is 1. The Balaban J connectivity index is 0.000000541. The molecule has 5 aromatic rings. The largest absolute Gasteiger partial charge is 0.490 e. The van der Waals surface area contributed by atoms with Crippen molar-refractivity contribution in [2.24, 2.45) is 7.05 Å². The van der Waals surface area contributed by atoms with Gasteiger partial charge < -0.3 is 5.11 Å². The molecule has 0 radical (unpaired) electrons. The highest BCUT2D eigenvalue weighted by molar-refractivity contribution is 7.92. The first-order valence-corrected chi connectivity index (χ1v) is 13.4. The number of fused-ring (bicyclic) bond motifs is 1. The molecule has 5 rings (SSSR count). The molecule has 0 spiro atoms. The second-order valence-corrected chi connectivity index (χ2v) is 10.5. The highest BCUT2D eigenvalue weighted by atomic mass is 32.2. The van der Waals surface area contributed by atoms with Crippen molar-refractivity contribution in [1.82, 2.24) is 19.7 Å². The summed E-state index contributed by atoms with van der Waals surface area (Å²) >= 11 is 0. The number of rotatable bonds is 5. The second-order valence-electron chi connectivity index (χ2n) is 8.79. The van der Waals surface area contributed by atoms with Gasteiger partial charge in [-0.15, -0.1) is 0 Å². The van der Waals surface area contributed by atoms with Gasteiger partial charge in [-0.1, -0.05) is 30.3 Å². The molecule has 0 saturated carbocycles. The lowest BCUT2D eigenvalue weighted by molar-refractivity contribution is -0.192. The van der Waals surface area contributed by atoms with E-state index >= 15 is 0 Å². The summed E-state index contributed by atoms with van der Waals surface area (Å²) in [4.78, 5) is 16.6. The molecule has 3 aromatic carbocycles. The Hall–Kier alpha value is -4.99. The van der Waals surface area contributed by atoms with Crippen LogP contribution in [0.1, 0.15) is 5.56 Å². The molecule has 43 heavy (non-hydrogen) atoms. The molecular formula is C27H19F6N5O4S. The highest BCUT2D eigenvalue weighted by Gasteiger charge is 2.38. The molecule has 0 fully saturated rings. The van der Waals surface area contributed by atoms with E-state index in [1.54, 1.807) is 37.4 Å². The zero-order valence-electron chi connectivity index (χ0n) is 21.7. The molecule has 0 saturated heterocycles. The SMILES string of the molecule is Cn1nccc1-c1cc(C(F)(F)F)ccc1-c1cccc2cc(S(=O)(=O)Nc3ccncn3)ccc12.O=C(O)C(F)(F)F. The fourth-order valence-electron chi connectivity index (χ4n) is 4.02. The van der Waals surface area contributed by atoms with E-state index in [-0.39, 0.29) is 10.7 Å². The molecule has 0 atom stereocenters. The van der Waals surface area contributed by atoms with Gasteiger partial charge >= 0.3 is 18.3 Å². The van der Waals surface area contributed by atoms with Gasteiger partial charge in [0, 0.05) is 25.0 Å². The molecule has 0 aliphatic heterocycles. The summed E-state index contributed by atoms with van der Waals surface area (Å²) < 4.78 is 102. The number of sulfonamides is 1. The maximum Gasteiger partial charge on any atom is 0.490 e. The number of hydrogen-bond acceptors (Lipinski definition) is 6. The van der Waals surface area contributed by atoms with Crippen molar-refractivity contribution in [1.29, 1.82) is 0 Å². The number of aromatic nitrogens is 4. The summed E-state index contributed by atoms with van der Waals surface area (Å²) in [6.07, 6.45) is -5.43. The van der Waals surface area contributed by atoms with Crippen molar-refractivity contribution in [2.45, 2.75) is 17.2 Å². The van der Waals surface area contributed by atoms with E-state index in [2.05, 4.69) is 19.8 Å². The minimum Gasteiger partial charge on any atom is -0.475 e. The summed E-state index contributed by atoms with van der Waals surface area (Å²) in [7, 11) is -2.27. The number of hydrogen-bond donors (Lipinski definition) is 2. The van der Waals surface area contributed by atoms with E-state index in [0.29, 0.717) is 33.2 Å². The maximum absolute atomic E-state index is 13.5. The lowest BCUT2D eigenvalue weighted by Gasteiger charge is -2.16. The van der Waals surface area contributed by atoms with Gasteiger partial charge in [0.05, 0.1) is 16.2 Å². The van der Waals surface area contributed by atoms with Gasteiger partial charge in [-0.2, -0.15) is 31.4 Å². The smallest absolute Gasteiger partial charge is 0.475 e. The monoisotopic (exact) mass is 623 g/mol. The minimum absolute atomic E-state index is 0.0186. The first kappa shape index (κ1) is 31.0. The van der Waals surface area contributed by atoms with Crippen molar-refractivity contribution in [3.63, 3.8) is 0 Å². The molecule has 0 aliphatic carbocycles. The molecule has 2 aromatic heterocycles. The molecule has 2 N–H and O–H groups in total. The predicted molar refractivity (Wildman–Crippen MR) is 143 cm³/mol. The topological polar surface area (TPSA) is 127 Å². The number of carboxylic acid groups (broad SMARTS) is 1. The normalized spacial score (nSPS) is 12.0. The zero-order chi connectivity index (χ0) is 31.6. The average molecular weight is 624 g/mol. The number of benzene rings is 3. The van der Waals surface area contributed by atoms with Crippen molar-refractivity contribution in [3.8, 4) is 22.4 Å². The number of carboxylic acids is 1. The Bertz CT molecular complexity index is 1890. The van der Waals surface area contributed by atoms with E-state index in [0.717, 1.165) is 12.1 Å². The van der Waals surface area contributed by atoms with Crippen LogP contribution in [-0.4, -0.2) is 45.4 Å². The van der Waals surface area contributed by atoms with Gasteiger partial charge in [-0.05, 0) is 58.3 Å². The molecular weight excluding hydrogens is 604 g/mol. The quantitative estimate of drug-likeness (QED) is 0.225. The molecule has 2 heterocycles. The summed E-state index contributed by atoms with van der Waals surface area (Å²) in [5.74, 6) is -2.63. The molecule has 9 nitrogen and oxygen atoms in total. The van der Waals surface area contributed by atoms with Crippen LogP contribution in [0.5, 0.6) is 0 Å². The highest BCUT2D eigenvalue weighted by Crippen LogP contribution is 2.40. The van der Waals surface area contributed by atoms with Crippen LogP contribution in [0.25, 0.3) is 33.2 Å². The van der Waals surface area contributed by atoms with Crippen LogP contribution in [0.4, 0.5) is 32.2 Å². The molecule has 0 bridgehead atoms. The third kappa shape index (κ3) is 7.09. The Morgan fingerprint density at radius 3 is 2.19 bits per heavy atom. The van der Waals surface area contributed by atoms with E-state index in [1.165, 1.54) is 47.7 Å². The maximum atomic E-state index is 13.5. The van der Waals surface area contributed by atoms with Crippen LogP contribution >= 0.6 is 0 Å². The predicted octanol–water partition coefficient (Wildman–Crippen LogP) is 6.15. The first-order valence-electron chi connectivity index (χ1n) is 11.9. The fraction of sp³-hybridized carbons (Fsp3) is 0.111. The minimum atomic E-state index is -5.08. The van der Waals surface area contributed by atoms with E-state index < -0.39 is 33.9 Å². The van der Waals surface area contributed by atoms with E-state index in [4.69, 9.17) is 9.90 Å². The summed E-state index contributed by atoms with van der Waals surface area (Å²) in [6, 6.07) is 16.5. The third-order valence-corrected chi connectivity index (χ3v) is 7.31. The third-order valence-electron chi connectivity index (χ3n) is 5.96. The zero-order valence-corrected chi connectivity index (χ0v) is 22.5. The number of aliphatic carboxylic acids is 1. The summed E-state index contributed by atoms with van der Waals surface area (Å²) in [6.45, 7) is 0. The number of halogens is 6. The lowest BCUT2D eigenvalue weighted by Crippen LogP contribution is -2.21. The van der Waals surface area contributed by atoms with E-state index in [9.17, 15) is 34.8 Å². The standard InChI is InChI=1S/C25H18F3N5O2S.C2HF3O2/c1-33-23(9-12-31-33)22-14-17(25(26,27)28)5-7-21(22)20-4-2-3-16-13-18(6-8-19(16)20)36(34,35)32-24-10-11-29-15-30-24;3-2(4,5)1(6)7/h2-15H,1H3,(H,29,30,32);(H,6,7). The van der Waals surface area contributed by atoms with Crippen LogP contribution in [-0.2, 0) is 28.0 Å². The van der Waals surface area contributed by atoms with Crippen molar-refractivity contribution in [2.75, 3.05) is 4.72 Å².